The van der Waals surface area contributed by atoms with Crippen molar-refractivity contribution in [1.29, 1.82) is 10.5 Å². The van der Waals surface area contributed by atoms with Gasteiger partial charge in [-0.2, -0.15) is 10.5 Å². The van der Waals surface area contributed by atoms with Crippen molar-refractivity contribution >= 4 is 5.57 Å². The van der Waals surface area contributed by atoms with Gasteiger partial charge in [-0.15, -0.1) is 0 Å². The molecule has 0 bridgehead atoms. The Balaban J connectivity index is 2.57. The molecular weight excluding hydrogens is 232 g/mol. The maximum Gasteiger partial charge on any atom is 0.133 e. The van der Waals surface area contributed by atoms with Crippen LogP contribution in [0.4, 0.5) is 0 Å². The van der Waals surface area contributed by atoms with E-state index in [2.05, 4.69) is 26.0 Å². The van der Waals surface area contributed by atoms with Crippen molar-refractivity contribution in [2.45, 2.75) is 45.4 Å². The average Bonchev–Trinajstić information content (AvgIpc) is 2.39. The Morgan fingerprint density at radius 1 is 1.21 bits per heavy atom. The molecule has 0 heterocycles. The van der Waals surface area contributed by atoms with E-state index in [0.29, 0.717) is 0 Å². The second-order valence-electron chi connectivity index (χ2n) is 5.83. The van der Waals surface area contributed by atoms with Crippen LogP contribution in [0, 0.1) is 22.7 Å². The minimum atomic E-state index is 0.184. The van der Waals surface area contributed by atoms with Crippen molar-refractivity contribution in [3.8, 4) is 12.1 Å². The van der Waals surface area contributed by atoms with E-state index in [4.69, 9.17) is 10.5 Å². The summed E-state index contributed by atoms with van der Waals surface area (Å²) in [6, 6.07) is 10.3. The van der Waals surface area contributed by atoms with Gasteiger partial charge in [-0.25, -0.2) is 0 Å². The summed E-state index contributed by atoms with van der Waals surface area (Å²) in [4.78, 5) is 0. The standard InChI is InChI=1S/C17H18N2/c1-12(15(10-18)11-19)14-7-6-13-5-4-8-17(2,3)16(13)9-14/h6-7,9H,4-5,8H2,1-3H3. The fraction of sp³-hybridized carbons (Fsp3) is 0.412. The zero-order chi connectivity index (χ0) is 14.0. The number of hydrogen-bond acceptors (Lipinski definition) is 2. The SMILES string of the molecule is CC(=C(C#N)C#N)c1ccc2c(c1)C(C)(C)CCC2. The first-order valence-electron chi connectivity index (χ1n) is 6.64. The second-order valence-corrected chi connectivity index (χ2v) is 5.83. The molecular formula is C17H18N2. The Morgan fingerprint density at radius 2 is 1.89 bits per heavy atom. The van der Waals surface area contributed by atoms with Crippen LogP contribution < -0.4 is 0 Å². The molecule has 0 atom stereocenters. The van der Waals surface area contributed by atoms with E-state index < -0.39 is 0 Å². The molecule has 0 radical (unpaired) electrons. The van der Waals surface area contributed by atoms with E-state index >= 15 is 0 Å². The van der Waals surface area contributed by atoms with Crippen LogP contribution >= 0.6 is 0 Å². The van der Waals surface area contributed by atoms with E-state index in [1.807, 2.05) is 25.1 Å². The van der Waals surface area contributed by atoms with Crippen LogP contribution in [0.25, 0.3) is 5.57 Å². The second kappa shape index (κ2) is 4.90. The van der Waals surface area contributed by atoms with Gasteiger partial charge in [0.05, 0.1) is 0 Å². The fourth-order valence-electron chi connectivity index (χ4n) is 2.85. The maximum absolute atomic E-state index is 8.97. The van der Waals surface area contributed by atoms with Crippen LogP contribution in [0.3, 0.4) is 0 Å². The van der Waals surface area contributed by atoms with Crippen molar-refractivity contribution in [3.05, 3.63) is 40.5 Å². The van der Waals surface area contributed by atoms with E-state index in [1.54, 1.807) is 0 Å². The Morgan fingerprint density at radius 3 is 2.53 bits per heavy atom. The van der Waals surface area contributed by atoms with Crippen LogP contribution in [0.15, 0.2) is 23.8 Å². The number of nitrogens with zero attached hydrogens (tertiary/aromatic N) is 2. The molecule has 2 nitrogen and oxygen atoms in total. The number of hydrogen-bond donors (Lipinski definition) is 0. The lowest BCUT2D eigenvalue weighted by atomic mass is 9.72. The Bertz CT molecular complexity index is 606. The molecule has 0 saturated carbocycles. The van der Waals surface area contributed by atoms with Gasteiger partial charge in [-0.05, 0) is 53.9 Å². The molecule has 19 heavy (non-hydrogen) atoms. The van der Waals surface area contributed by atoms with Crippen molar-refractivity contribution < 1.29 is 0 Å². The number of benzene rings is 1. The van der Waals surface area contributed by atoms with Gasteiger partial charge >= 0.3 is 0 Å². The largest absolute Gasteiger partial charge is 0.192 e. The molecule has 0 aliphatic heterocycles. The highest BCUT2D eigenvalue weighted by molar-refractivity contribution is 5.74. The maximum atomic E-state index is 8.97. The lowest BCUT2D eigenvalue weighted by Gasteiger charge is -2.33. The molecule has 0 saturated heterocycles. The van der Waals surface area contributed by atoms with Crippen molar-refractivity contribution in [2.75, 3.05) is 0 Å². The Kier molecular flexibility index (Phi) is 3.45. The van der Waals surface area contributed by atoms with E-state index in [-0.39, 0.29) is 11.0 Å². The molecule has 96 valence electrons. The highest BCUT2D eigenvalue weighted by atomic mass is 14.3. The van der Waals surface area contributed by atoms with Gasteiger partial charge in [0.15, 0.2) is 0 Å². The summed E-state index contributed by atoms with van der Waals surface area (Å²) < 4.78 is 0. The molecule has 1 aliphatic rings. The van der Waals surface area contributed by atoms with Crippen LogP contribution in [0.1, 0.15) is 50.3 Å². The number of nitriles is 2. The van der Waals surface area contributed by atoms with Crippen LogP contribution in [-0.2, 0) is 11.8 Å². The predicted molar refractivity (Wildman–Crippen MR) is 76.2 cm³/mol. The molecule has 1 aromatic carbocycles. The van der Waals surface area contributed by atoms with Crippen LogP contribution in [0.2, 0.25) is 0 Å². The molecule has 0 unspecified atom stereocenters. The summed E-state index contributed by atoms with van der Waals surface area (Å²) in [5, 5.41) is 17.9. The van der Waals surface area contributed by atoms with Crippen LogP contribution in [-0.4, -0.2) is 0 Å². The minimum Gasteiger partial charge on any atom is -0.192 e. The minimum absolute atomic E-state index is 0.184. The molecule has 0 fully saturated rings. The Hall–Kier alpha value is -2.06. The summed E-state index contributed by atoms with van der Waals surface area (Å²) in [7, 11) is 0. The molecule has 2 rings (SSSR count). The predicted octanol–water partition coefficient (Wildman–Crippen LogP) is 4.12. The summed E-state index contributed by atoms with van der Waals surface area (Å²) in [5.74, 6) is 0. The Labute approximate surface area is 115 Å². The smallest absolute Gasteiger partial charge is 0.133 e. The monoisotopic (exact) mass is 250 g/mol. The fourth-order valence-corrected chi connectivity index (χ4v) is 2.85. The van der Waals surface area contributed by atoms with Crippen molar-refractivity contribution in [3.63, 3.8) is 0 Å². The first-order valence-corrected chi connectivity index (χ1v) is 6.64. The van der Waals surface area contributed by atoms with E-state index in [1.165, 1.54) is 24.0 Å². The molecule has 0 amide bonds. The first-order chi connectivity index (χ1) is 8.99. The molecule has 0 spiro atoms. The molecule has 2 heteroatoms. The highest BCUT2D eigenvalue weighted by Gasteiger charge is 2.27. The van der Waals surface area contributed by atoms with Gasteiger partial charge in [0.25, 0.3) is 0 Å². The van der Waals surface area contributed by atoms with Gasteiger partial charge in [0.2, 0.25) is 0 Å². The summed E-state index contributed by atoms with van der Waals surface area (Å²) in [5.41, 5.74) is 4.92. The molecule has 1 aliphatic carbocycles. The van der Waals surface area contributed by atoms with Crippen molar-refractivity contribution in [2.24, 2.45) is 0 Å². The van der Waals surface area contributed by atoms with Gasteiger partial charge in [-0.3, -0.25) is 0 Å². The summed E-state index contributed by atoms with van der Waals surface area (Å²) in [6.45, 7) is 6.38. The number of rotatable bonds is 1. The molecule has 0 aromatic heterocycles. The van der Waals surface area contributed by atoms with Crippen LogP contribution in [0.5, 0.6) is 0 Å². The lowest BCUT2D eigenvalue weighted by molar-refractivity contribution is 0.432. The lowest BCUT2D eigenvalue weighted by Crippen LogP contribution is -2.23. The highest BCUT2D eigenvalue weighted by Crippen LogP contribution is 2.38. The third kappa shape index (κ3) is 2.40. The van der Waals surface area contributed by atoms with Gasteiger partial charge < -0.3 is 0 Å². The van der Waals surface area contributed by atoms with Gasteiger partial charge in [0.1, 0.15) is 17.7 Å². The normalized spacial score (nSPS) is 15.8. The zero-order valence-corrected chi connectivity index (χ0v) is 11.7. The number of fused-ring (bicyclic) bond motifs is 1. The average molecular weight is 250 g/mol. The first kappa shape index (κ1) is 13.4. The van der Waals surface area contributed by atoms with E-state index in [9.17, 15) is 0 Å². The van der Waals surface area contributed by atoms with Gasteiger partial charge in [0, 0.05) is 0 Å². The van der Waals surface area contributed by atoms with Gasteiger partial charge in [-0.1, -0.05) is 32.0 Å². The topological polar surface area (TPSA) is 47.6 Å². The quantitative estimate of drug-likeness (QED) is 0.704. The molecule has 0 N–H and O–H groups in total. The summed E-state index contributed by atoms with van der Waals surface area (Å²) in [6.07, 6.45) is 3.55. The zero-order valence-electron chi connectivity index (χ0n) is 11.7. The number of aryl methyl sites for hydroxylation is 1. The third-order valence-corrected chi connectivity index (χ3v) is 4.12. The third-order valence-electron chi connectivity index (χ3n) is 4.12. The summed E-state index contributed by atoms with van der Waals surface area (Å²) >= 11 is 0. The van der Waals surface area contributed by atoms with Crippen molar-refractivity contribution in [1.82, 2.24) is 0 Å². The van der Waals surface area contributed by atoms with E-state index in [0.717, 1.165) is 17.6 Å². The number of allylic oxidation sites excluding steroid dienone is 2. The molecule has 1 aromatic rings.